The Morgan fingerprint density at radius 2 is 1.35 bits per heavy atom. The summed E-state index contributed by atoms with van der Waals surface area (Å²) in [6, 6.07) is 10.1. The minimum Gasteiger partial charge on any atom is -0.310 e. The molecule has 2 rings (SSSR count). The quantitative estimate of drug-likeness (QED) is 0.440. The number of hydrogen-bond acceptors (Lipinski definition) is 1. The van der Waals surface area contributed by atoms with Crippen LogP contribution in [-0.2, 0) is 13.0 Å². The molecule has 1 aliphatic rings. The zero-order valence-corrected chi connectivity index (χ0v) is 15.3. The van der Waals surface area contributed by atoms with Crippen molar-refractivity contribution in [3.63, 3.8) is 0 Å². The minimum atomic E-state index is 0.770. The molecular weight excluding hydrogens is 278 g/mol. The number of unbranched alkanes of at least 4 members (excludes halogenated alkanes) is 7. The van der Waals surface area contributed by atoms with Crippen molar-refractivity contribution in [1.82, 2.24) is 5.32 Å². The van der Waals surface area contributed by atoms with Gasteiger partial charge in [-0.2, -0.15) is 0 Å². The lowest BCUT2D eigenvalue weighted by Crippen LogP contribution is -2.25. The lowest BCUT2D eigenvalue weighted by atomic mass is 10.0. The Kier molecular flexibility index (Phi) is 9.40. The Morgan fingerprint density at radius 3 is 2.00 bits per heavy atom. The second kappa shape index (κ2) is 11.7. The van der Waals surface area contributed by atoms with Crippen LogP contribution < -0.4 is 5.32 Å². The highest BCUT2D eigenvalue weighted by Crippen LogP contribution is 2.18. The van der Waals surface area contributed by atoms with E-state index in [1.165, 1.54) is 94.6 Å². The second-order valence-corrected chi connectivity index (χ2v) is 7.40. The Balaban J connectivity index is 1.52. The molecule has 0 amide bonds. The molecule has 1 aromatic rings. The molecule has 1 heteroatoms. The van der Waals surface area contributed by atoms with E-state index in [0.717, 1.165) is 12.6 Å². The molecule has 0 unspecified atom stereocenters. The van der Waals surface area contributed by atoms with Crippen molar-refractivity contribution in [2.75, 3.05) is 0 Å². The smallest absolute Gasteiger partial charge is 0.0208 e. The predicted molar refractivity (Wildman–Crippen MR) is 102 cm³/mol. The average molecular weight is 316 g/mol. The van der Waals surface area contributed by atoms with Crippen LogP contribution in [0.25, 0.3) is 0 Å². The molecule has 23 heavy (non-hydrogen) atoms. The summed E-state index contributed by atoms with van der Waals surface area (Å²) < 4.78 is 0. The largest absolute Gasteiger partial charge is 0.310 e. The van der Waals surface area contributed by atoms with Crippen LogP contribution >= 0.6 is 0 Å². The molecule has 1 aliphatic carbocycles. The number of rotatable bonds is 12. The Hall–Kier alpha value is -0.820. The van der Waals surface area contributed by atoms with Crippen molar-refractivity contribution in [3.8, 4) is 0 Å². The summed E-state index contributed by atoms with van der Waals surface area (Å²) in [5.41, 5.74) is 2.96. The van der Waals surface area contributed by atoms with Crippen molar-refractivity contribution >= 4 is 0 Å². The van der Waals surface area contributed by atoms with Crippen molar-refractivity contribution in [3.05, 3.63) is 35.4 Å². The Morgan fingerprint density at radius 1 is 0.783 bits per heavy atom. The van der Waals surface area contributed by atoms with Crippen LogP contribution in [0.3, 0.4) is 0 Å². The number of nitrogens with one attached hydrogen (secondary N) is 1. The Bertz CT molecular complexity index is 389. The van der Waals surface area contributed by atoms with Crippen molar-refractivity contribution in [1.29, 1.82) is 0 Å². The van der Waals surface area contributed by atoms with Gasteiger partial charge in [-0.25, -0.2) is 0 Å². The van der Waals surface area contributed by atoms with E-state index in [-0.39, 0.29) is 0 Å². The van der Waals surface area contributed by atoms with Crippen LogP contribution in [-0.4, -0.2) is 6.04 Å². The fraction of sp³-hybridized carbons (Fsp3) is 0.727. The molecule has 0 atom stereocenters. The van der Waals surface area contributed by atoms with E-state index in [1.54, 1.807) is 0 Å². The van der Waals surface area contributed by atoms with E-state index in [4.69, 9.17) is 0 Å². The molecule has 130 valence electrons. The zero-order chi connectivity index (χ0) is 16.2. The normalized spacial score (nSPS) is 15.3. The van der Waals surface area contributed by atoms with Crippen molar-refractivity contribution < 1.29 is 0 Å². The van der Waals surface area contributed by atoms with E-state index in [2.05, 4.69) is 36.5 Å². The molecule has 0 heterocycles. The molecule has 0 saturated heterocycles. The zero-order valence-electron chi connectivity index (χ0n) is 15.3. The molecule has 0 spiro atoms. The summed E-state index contributed by atoms with van der Waals surface area (Å²) in [4.78, 5) is 0. The molecule has 1 saturated carbocycles. The van der Waals surface area contributed by atoms with E-state index in [9.17, 15) is 0 Å². The molecule has 1 fully saturated rings. The Labute approximate surface area is 144 Å². The summed E-state index contributed by atoms with van der Waals surface area (Å²) >= 11 is 0. The highest BCUT2D eigenvalue weighted by atomic mass is 14.9. The number of aryl methyl sites for hydroxylation is 1. The molecule has 0 aliphatic heterocycles. The van der Waals surface area contributed by atoms with E-state index >= 15 is 0 Å². The molecule has 1 N–H and O–H groups in total. The van der Waals surface area contributed by atoms with E-state index < -0.39 is 0 Å². The van der Waals surface area contributed by atoms with Gasteiger partial charge in [-0.05, 0) is 36.8 Å². The van der Waals surface area contributed by atoms with Gasteiger partial charge in [0.25, 0.3) is 0 Å². The summed E-state index contributed by atoms with van der Waals surface area (Å²) in [5, 5.41) is 3.70. The third-order valence-corrected chi connectivity index (χ3v) is 5.29. The first kappa shape index (κ1) is 18.5. The van der Waals surface area contributed by atoms with E-state index in [0.29, 0.717) is 0 Å². The van der Waals surface area contributed by atoms with Gasteiger partial charge in [0, 0.05) is 12.6 Å². The molecule has 0 bridgehead atoms. The minimum absolute atomic E-state index is 0.770. The van der Waals surface area contributed by atoms with Gasteiger partial charge in [0.1, 0.15) is 0 Å². The van der Waals surface area contributed by atoms with Gasteiger partial charge >= 0.3 is 0 Å². The summed E-state index contributed by atoms with van der Waals surface area (Å²) in [7, 11) is 0. The van der Waals surface area contributed by atoms with Gasteiger partial charge in [0.2, 0.25) is 0 Å². The average Bonchev–Trinajstić information content (AvgIpc) is 3.10. The van der Waals surface area contributed by atoms with Gasteiger partial charge in [0.05, 0.1) is 0 Å². The predicted octanol–water partition coefficient (Wildman–Crippen LogP) is 6.40. The molecular formula is C22H37N. The summed E-state index contributed by atoms with van der Waals surface area (Å²) in [6.07, 6.45) is 18.1. The summed E-state index contributed by atoms with van der Waals surface area (Å²) in [5.74, 6) is 0. The maximum absolute atomic E-state index is 3.70. The first-order valence-corrected chi connectivity index (χ1v) is 10.2. The maximum Gasteiger partial charge on any atom is 0.0208 e. The molecule has 1 aromatic carbocycles. The van der Waals surface area contributed by atoms with Crippen LogP contribution in [0.5, 0.6) is 0 Å². The van der Waals surface area contributed by atoms with Gasteiger partial charge < -0.3 is 5.32 Å². The highest BCUT2D eigenvalue weighted by molar-refractivity contribution is 5.22. The lowest BCUT2D eigenvalue weighted by Gasteiger charge is -2.12. The van der Waals surface area contributed by atoms with Crippen LogP contribution in [0.4, 0.5) is 0 Å². The van der Waals surface area contributed by atoms with Crippen LogP contribution in [0.1, 0.15) is 95.1 Å². The fourth-order valence-corrected chi connectivity index (χ4v) is 3.68. The van der Waals surface area contributed by atoms with Crippen LogP contribution in [0.2, 0.25) is 0 Å². The first-order valence-electron chi connectivity index (χ1n) is 10.2. The first-order chi connectivity index (χ1) is 11.4. The van der Waals surface area contributed by atoms with E-state index in [1.807, 2.05) is 0 Å². The van der Waals surface area contributed by atoms with Gasteiger partial charge in [0.15, 0.2) is 0 Å². The van der Waals surface area contributed by atoms with Crippen molar-refractivity contribution in [2.45, 2.75) is 103 Å². The fourth-order valence-electron chi connectivity index (χ4n) is 3.68. The van der Waals surface area contributed by atoms with Gasteiger partial charge in [-0.1, -0.05) is 89.0 Å². The van der Waals surface area contributed by atoms with Crippen LogP contribution in [0, 0.1) is 0 Å². The third kappa shape index (κ3) is 8.01. The maximum atomic E-state index is 3.70. The van der Waals surface area contributed by atoms with Crippen molar-refractivity contribution in [2.24, 2.45) is 0 Å². The highest BCUT2D eigenvalue weighted by Gasteiger charge is 2.13. The number of hydrogen-bond donors (Lipinski definition) is 1. The monoisotopic (exact) mass is 315 g/mol. The standard InChI is InChI=1S/C22H37N/c1-2-3-4-5-6-7-8-9-12-20-15-17-21(18-16-20)19-23-22-13-10-11-14-22/h15-18,22-23H,2-14,19H2,1H3. The number of benzene rings is 1. The lowest BCUT2D eigenvalue weighted by molar-refractivity contribution is 0.524. The topological polar surface area (TPSA) is 12.0 Å². The van der Waals surface area contributed by atoms with Gasteiger partial charge in [-0.15, -0.1) is 0 Å². The summed E-state index contributed by atoms with van der Waals surface area (Å²) in [6.45, 7) is 3.33. The van der Waals surface area contributed by atoms with Crippen LogP contribution in [0.15, 0.2) is 24.3 Å². The second-order valence-electron chi connectivity index (χ2n) is 7.40. The molecule has 0 radical (unpaired) electrons. The molecule has 0 aromatic heterocycles. The third-order valence-electron chi connectivity index (χ3n) is 5.29. The molecule has 1 nitrogen and oxygen atoms in total. The van der Waals surface area contributed by atoms with Gasteiger partial charge in [-0.3, -0.25) is 0 Å². The SMILES string of the molecule is CCCCCCCCCCc1ccc(CNC2CCCC2)cc1.